The van der Waals surface area contributed by atoms with E-state index < -0.39 is 0 Å². The molecule has 3 aromatic rings. The van der Waals surface area contributed by atoms with Crippen molar-refractivity contribution in [2.45, 2.75) is 65.5 Å². The SMILES string of the molecule is CCOc1ccc(C(=O)N[C@@H](C)CCc2ccccc2)cc1COc1ccc(C(C)(C)C)cc1. The molecule has 0 aliphatic heterocycles. The highest BCUT2D eigenvalue weighted by molar-refractivity contribution is 5.94. The molecule has 4 heteroatoms. The van der Waals surface area contributed by atoms with E-state index in [0.717, 1.165) is 29.9 Å². The minimum atomic E-state index is -0.0839. The summed E-state index contributed by atoms with van der Waals surface area (Å²) in [5.41, 5.74) is 4.10. The average molecular weight is 460 g/mol. The minimum absolute atomic E-state index is 0.0697. The van der Waals surface area contributed by atoms with Crippen LogP contribution in [0, 0.1) is 0 Å². The Morgan fingerprint density at radius 3 is 2.29 bits per heavy atom. The molecule has 34 heavy (non-hydrogen) atoms. The fraction of sp³-hybridized carbons (Fsp3) is 0.367. The molecular formula is C30H37NO3. The van der Waals surface area contributed by atoms with Crippen LogP contribution in [0.3, 0.4) is 0 Å². The van der Waals surface area contributed by atoms with E-state index in [9.17, 15) is 4.79 Å². The molecule has 0 aliphatic rings. The number of amides is 1. The maximum absolute atomic E-state index is 12.9. The van der Waals surface area contributed by atoms with E-state index in [2.05, 4.69) is 50.4 Å². The van der Waals surface area contributed by atoms with Gasteiger partial charge in [-0.2, -0.15) is 0 Å². The second kappa shape index (κ2) is 11.7. The molecule has 1 amide bonds. The summed E-state index contributed by atoms with van der Waals surface area (Å²) in [5, 5.41) is 3.12. The number of benzene rings is 3. The molecule has 1 atom stereocenters. The Balaban J connectivity index is 1.64. The van der Waals surface area contributed by atoms with Gasteiger partial charge in [0.15, 0.2) is 0 Å². The summed E-state index contributed by atoms with van der Waals surface area (Å²) in [7, 11) is 0. The van der Waals surface area contributed by atoms with Crippen LogP contribution in [0.25, 0.3) is 0 Å². The predicted molar refractivity (Wildman–Crippen MR) is 139 cm³/mol. The van der Waals surface area contributed by atoms with Crippen molar-refractivity contribution in [3.63, 3.8) is 0 Å². The van der Waals surface area contributed by atoms with Crippen LogP contribution in [-0.2, 0) is 18.4 Å². The summed E-state index contributed by atoms with van der Waals surface area (Å²) in [5.74, 6) is 1.45. The van der Waals surface area contributed by atoms with Crippen molar-refractivity contribution in [1.82, 2.24) is 5.32 Å². The Labute approximate surface area is 204 Å². The fourth-order valence-corrected chi connectivity index (χ4v) is 3.75. The number of rotatable bonds is 10. The van der Waals surface area contributed by atoms with Crippen molar-refractivity contribution < 1.29 is 14.3 Å². The summed E-state index contributed by atoms with van der Waals surface area (Å²) in [6.45, 7) is 11.4. The third-order valence-electron chi connectivity index (χ3n) is 5.82. The molecule has 180 valence electrons. The third kappa shape index (κ3) is 7.38. The lowest BCUT2D eigenvalue weighted by Gasteiger charge is -2.19. The van der Waals surface area contributed by atoms with Crippen LogP contribution >= 0.6 is 0 Å². The topological polar surface area (TPSA) is 47.6 Å². The molecule has 0 radical (unpaired) electrons. The van der Waals surface area contributed by atoms with Gasteiger partial charge in [0.05, 0.1) is 6.61 Å². The molecule has 3 aromatic carbocycles. The molecule has 0 saturated heterocycles. The van der Waals surface area contributed by atoms with E-state index in [1.165, 1.54) is 11.1 Å². The monoisotopic (exact) mass is 459 g/mol. The van der Waals surface area contributed by atoms with Gasteiger partial charge in [0.1, 0.15) is 18.1 Å². The zero-order valence-electron chi connectivity index (χ0n) is 21.1. The van der Waals surface area contributed by atoms with Crippen LogP contribution in [0.4, 0.5) is 0 Å². The first kappa shape index (κ1) is 25.4. The number of aryl methyl sites for hydroxylation is 1. The Hall–Kier alpha value is -3.27. The van der Waals surface area contributed by atoms with Gasteiger partial charge in [-0.1, -0.05) is 63.2 Å². The lowest BCUT2D eigenvalue weighted by atomic mass is 9.87. The summed E-state index contributed by atoms with van der Waals surface area (Å²) >= 11 is 0. The van der Waals surface area contributed by atoms with Crippen LogP contribution in [0.1, 0.15) is 68.1 Å². The van der Waals surface area contributed by atoms with Gasteiger partial charge in [-0.3, -0.25) is 4.79 Å². The van der Waals surface area contributed by atoms with E-state index in [4.69, 9.17) is 9.47 Å². The average Bonchev–Trinajstić information content (AvgIpc) is 2.82. The number of nitrogens with one attached hydrogen (secondary N) is 1. The van der Waals surface area contributed by atoms with Crippen LogP contribution in [0.2, 0.25) is 0 Å². The Kier molecular flexibility index (Phi) is 8.75. The Bertz CT molecular complexity index is 1050. The lowest BCUT2D eigenvalue weighted by Crippen LogP contribution is -2.33. The van der Waals surface area contributed by atoms with Gasteiger partial charge in [0.2, 0.25) is 0 Å². The van der Waals surface area contributed by atoms with E-state index >= 15 is 0 Å². The Morgan fingerprint density at radius 1 is 0.941 bits per heavy atom. The van der Waals surface area contributed by atoms with Gasteiger partial charge in [-0.25, -0.2) is 0 Å². The fourth-order valence-electron chi connectivity index (χ4n) is 3.75. The van der Waals surface area contributed by atoms with E-state index in [0.29, 0.717) is 18.8 Å². The number of ether oxygens (including phenoxy) is 2. The van der Waals surface area contributed by atoms with Gasteiger partial charge in [-0.05, 0) is 73.6 Å². The van der Waals surface area contributed by atoms with Crippen molar-refractivity contribution in [3.05, 3.63) is 95.1 Å². The largest absolute Gasteiger partial charge is 0.493 e. The standard InChI is InChI=1S/C30H37NO3/c1-6-33-28-19-14-24(29(32)31-22(2)12-13-23-10-8-7-9-11-23)20-25(28)21-34-27-17-15-26(16-18-27)30(3,4)5/h7-11,14-20,22H,6,12-13,21H2,1-5H3,(H,31,32)/t22-/m0/s1. The number of carbonyl (C=O) groups is 1. The maximum atomic E-state index is 12.9. The molecule has 0 unspecified atom stereocenters. The van der Waals surface area contributed by atoms with Crippen molar-refractivity contribution in [1.29, 1.82) is 0 Å². The van der Waals surface area contributed by atoms with Crippen LogP contribution in [0.5, 0.6) is 11.5 Å². The molecule has 0 saturated carbocycles. The van der Waals surface area contributed by atoms with Crippen molar-refractivity contribution in [3.8, 4) is 11.5 Å². The highest BCUT2D eigenvalue weighted by atomic mass is 16.5. The van der Waals surface area contributed by atoms with Crippen LogP contribution in [0.15, 0.2) is 72.8 Å². The molecule has 0 heterocycles. The molecule has 0 fully saturated rings. The number of hydrogen-bond acceptors (Lipinski definition) is 3. The highest BCUT2D eigenvalue weighted by Gasteiger charge is 2.15. The molecule has 0 aliphatic carbocycles. The first-order chi connectivity index (χ1) is 16.3. The van der Waals surface area contributed by atoms with E-state index in [1.807, 2.05) is 62.4 Å². The molecule has 3 rings (SSSR count). The van der Waals surface area contributed by atoms with Crippen molar-refractivity contribution >= 4 is 5.91 Å². The lowest BCUT2D eigenvalue weighted by molar-refractivity contribution is 0.0938. The zero-order valence-corrected chi connectivity index (χ0v) is 21.1. The second-order valence-electron chi connectivity index (χ2n) is 9.72. The summed E-state index contributed by atoms with van der Waals surface area (Å²) < 4.78 is 11.8. The number of hydrogen-bond donors (Lipinski definition) is 1. The predicted octanol–water partition coefficient (Wildman–Crippen LogP) is 6.71. The van der Waals surface area contributed by atoms with E-state index in [1.54, 1.807) is 0 Å². The number of carbonyl (C=O) groups excluding carboxylic acids is 1. The first-order valence-corrected chi connectivity index (χ1v) is 12.1. The molecule has 0 bridgehead atoms. The van der Waals surface area contributed by atoms with Crippen molar-refractivity contribution in [2.75, 3.05) is 6.61 Å². The van der Waals surface area contributed by atoms with Gasteiger partial charge in [0.25, 0.3) is 5.91 Å². The Morgan fingerprint density at radius 2 is 1.65 bits per heavy atom. The summed E-state index contributed by atoms with van der Waals surface area (Å²) in [6, 6.07) is 24.1. The molecule has 0 spiro atoms. The third-order valence-corrected chi connectivity index (χ3v) is 5.82. The first-order valence-electron chi connectivity index (χ1n) is 12.1. The molecule has 4 nitrogen and oxygen atoms in total. The highest BCUT2D eigenvalue weighted by Crippen LogP contribution is 2.26. The zero-order chi connectivity index (χ0) is 24.6. The second-order valence-corrected chi connectivity index (χ2v) is 9.72. The van der Waals surface area contributed by atoms with Crippen molar-refractivity contribution in [2.24, 2.45) is 0 Å². The normalized spacial score (nSPS) is 12.1. The minimum Gasteiger partial charge on any atom is -0.493 e. The van der Waals surface area contributed by atoms with Crippen LogP contribution < -0.4 is 14.8 Å². The van der Waals surface area contributed by atoms with Gasteiger partial charge in [0, 0.05) is 17.2 Å². The van der Waals surface area contributed by atoms with Crippen LogP contribution in [-0.4, -0.2) is 18.6 Å². The molecule has 0 aromatic heterocycles. The van der Waals surface area contributed by atoms with E-state index in [-0.39, 0.29) is 17.4 Å². The van der Waals surface area contributed by atoms with Gasteiger partial charge < -0.3 is 14.8 Å². The summed E-state index contributed by atoms with van der Waals surface area (Å²) in [6.07, 6.45) is 1.81. The van der Waals surface area contributed by atoms with Gasteiger partial charge >= 0.3 is 0 Å². The quantitative estimate of drug-likeness (QED) is 0.366. The molecule has 1 N–H and O–H groups in total. The summed E-state index contributed by atoms with van der Waals surface area (Å²) in [4.78, 5) is 12.9. The maximum Gasteiger partial charge on any atom is 0.251 e. The smallest absolute Gasteiger partial charge is 0.251 e. The van der Waals surface area contributed by atoms with Gasteiger partial charge in [-0.15, -0.1) is 0 Å². The molecular weight excluding hydrogens is 422 g/mol.